The van der Waals surface area contributed by atoms with E-state index in [2.05, 4.69) is 28.2 Å². The lowest BCUT2D eigenvalue weighted by molar-refractivity contribution is 0.0952. The van der Waals surface area contributed by atoms with Gasteiger partial charge in [-0.2, -0.15) is 0 Å². The standard InChI is InChI=1S/C29H35N3O2.ClH/c1-2-18-32(26-14-15-27-24(20-26)7-5-9-28(27)33)19-4-3-17-31-29(34)23-12-10-22(11-13-23)25-8-6-16-30-21-25;/h5-13,16,21,26,33H,2-4,14-15,17-20H2,1H3,(H,31,34);1H. The molecule has 1 atom stereocenters. The Kier molecular flexibility index (Phi) is 10.1. The van der Waals surface area contributed by atoms with Gasteiger partial charge in [0.05, 0.1) is 0 Å². The van der Waals surface area contributed by atoms with Gasteiger partial charge in [0.2, 0.25) is 0 Å². The number of halogens is 1. The highest BCUT2D eigenvalue weighted by atomic mass is 35.5. The van der Waals surface area contributed by atoms with Gasteiger partial charge in [-0.25, -0.2) is 0 Å². The van der Waals surface area contributed by atoms with E-state index in [4.69, 9.17) is 0 Å². The molecule has 186 valence electrons. The first-order chi connectivity index (χ1) is 16.7. The zero-order chi connectivity index (χ0) is 23.8. The van der Waals surface area contributed by atoms with Gasteiger partial charge in [-0.3, -0.25) is 9.78 Å². The van der Waals surface area contributed by atoms with E-state index in [1.165, 1.54) is 5.56 Å². The molecule has 35 heavy (non-hydrogen) atoms. The molecule has 0 aliphatic heterocycles. The minimum Gasteiger partial charge on any atom is -0.508 e. The van der Waals surface area contributed by atoms with Crippen LogP contribution in [0.1, 0.15) is 54.1 Å². The van der Waals surface area contributed by atoms with Crippen LogP contribution in [0.2, 0.25) is 0 Å². The van der Waals surface area contributed by atoms with Crippen molar-refractivity contribution in [3.63, 3.8) is 0 Å². The van der Waals surface area contributed by atoms with Crippen LogP contribution in [-0.4, -0.2) is 46.6 Å². The Morgan fingerprint density at radius 3 is 2.63 bits per heavy atom. The summed E-state index contributed by atoms with van der Waals surface area (Å²) in [5, 5.41) is 13.2. The van der Waals surface area contributed by atoms with E-state index in [0.717, 1.165) is 68.3 Å². The van der Waals surface area contributed by atoms with Crippen molar-refractivity contribution < 1.29 is 9.90 Å². The van der Waals surface area contributed by atoms with Crippen molar-refractivity contribution in [1.29, 1.82) is 0 Å². The molecular formula is C29H36ClN3O2. The Morgan fingerprint density at radius 2 is 1.89 bits per heavy atom. The zero-order valence-electron chi connectivity index (χ0n) is 20.5. The third-order valence-corrected chi connectivity index (χ3v) is 6.76. The van der Waals surface area contributed by atoms with Gasteiger partial charge in [0.1, 0.15) is 5.75 Å². The van der Waals surface area contributed by atoms with Gasteiger partial charge >= 0.3 is 0 Å². The lowest BCUT2D eigenvalue weighted by Gasteiger charge is -2.35. The lowest BCUT2D eigenvalue weighted by atomic mass is 9.86. The highest BCUT2D eigenvalue weighted by Gasteiger charge is 2.25. The molecule has 0 fully saturated rings. The van der Waals surface area contributed by atoms with E-state index < -0.39 is 0 Å². The van der Waals surface area contributed by atoms with Gasteiger partial charge in [0, 0.05) is 30.5 Å². The fraction of sp³-hybridized carbons (Fsp3) is 0.379. The first kappa shape index (κ1) is 26.7. The molecule has 5 nitrogen and oxygen atoms in total. The molecule has 1 aromatic heterocycles. The van der Waals surface area contributed by atoms with Crippen molar-refractivity contribution in [3.05, 3.63) is 83.7 Å². The van der Waals surface area contributed by atoms with Crippen LogP contribution in [0.25, 0.3) is 11.1 Å². The minimum absolute atomic E-state index is 0. The summed E-state index contributed by atoms with van der Waals surface area (Å²) in [5.74, 6) is 0.423. The summed E-state index contributed by atoms with van der Waals surface area (Å²) in [6.45, 7) is 5.05. The molecular weight excluding hydrogens is 458 g/mol. The molecule has 2 N–H and O–H groups in total. The SMILES string of the molecule is CCCN(CCCCNC(=O)c1ccc(-c2cccnc2)cc1)C1CCc2c(O)cccc2C1.Cl. The first-order valence-corrected chi connectivity index (χ1v) is 12.5. The van der Waals surface area contributed by atoms with Crippen molar-refractivity contribution >= 4 is 18.3 Å². The number of amides is 1. The number of phenolic OH excluding ortho intramolecular Hbond substituents is 1. The molecule has 0 bridgehead atoms. The average Bonchev–Trinajstić information content (AvgIpc) is 2.88. The molecule has 3 aromatic rings. The quantitative estimate of drug-likeness (QED) is 0.358. The van der Waals surface area contributed by atoms with Crippen LogP contribution in [0.3, 0.4) is 0 Å². The number of aromatic hydroxyl groups is 1. The van der Waals surface area contributed by atoms with Crippen LogP contribution < -0.4 is 5.32 Å². The summed E-state index contributed by atoms with van der Waals surface area (Å²) in [6.07, 6.45) is 9.79. The number of unbranched alkanes of at least 4 members (excludes halogenated alkanes) is 1. The van der Waals surface area contributed by atoms with E-state index in [9.17, 15) is 9.90 Å². The predicted molar refractivity (Wildman–Crippen MR) is 144 cm³/mol. The molecule has 0 saturated carbocycles. The number of pyridine rings is 1. The number of nitrogens with zero attached hydrogens (tertiary/aromatic N) is 2. The van der Waals surface area contributed by atoms with E-state index in [0.29, 0.717) is 23.9 Å². The van der Waals surface area contributed by atoms with Crippen LogP contribution in [0, 0.1) is 0 Å². The highest BCUT2D eigenvalue weighted by molar-refractivity contribution is 5.94. The molecule has 1 amide bonds. The maximum atomic E-state index is 12.5. The van der Waals surface area contributed by atoms with Gasteiger partial charge < -0.3 is 15.3 Å². The maximum Gasteiger partial charge on any atom is 0.251 e. The summed E-state index contributed by atoms with van der Waals surface area (Å²) in [6, 6.07) is 18.1. The zero-order valence-corrected chi connectivity index (χ0v) is 21.3. The summed E-state index contributed by atoms with van der Waals surface area (Å²) < 4.78 is 0. The highest BCUT2D eigenvalue weighted by Crippen LogP contribution is 2.30. The number of fused-ring (bicyclic) bond motifs is 1. The third-order valence-electron chi connectivity index (χ3n) is 6.76. The van der Waals surface area contributed by atoms with Gasteiger partial charge in [-0.15, -0.1) is 12.4 Å². The van der Waals surface area contributed by atoms with Crippen molar-refractivity contribution in [2.24, 2.45) is 0 Å². The molecule has 1 heterocycles. The van der Waals surface area contributed by atoms with E-state index in [1.807, 2.05) is 48.7 Å². The summed E-state index contributed by atoms with van der Waals surface area (Å²) in [7, 11) is 0. The fourth-order valence-electron chi connectivity index (χ4n) is 4.94. The lowest BCUT2D eigenvalue weighted by Crippen LogP contribution is -2.40. The number of phenols is 1. The van der Waals surface area contributed by atoms with Crippen molar-refractivity contribution in [2.75, 3.05) is 19.6 Å². The van der Waals surface area contributed by atoms with Gasteiger partial charge in [-0.05, 0) is 98.1 Å². The maximum absolute atomic E-state index is 12.5. The fourth-order valence-corrected chi connectivity index (χ4v) is 4.94. The van der Waals surface area contributed by atoms with Crippen molar-refractivity contribution in [2.45, 2.75) is 51.5 Å². The Hall–Kier alpha value is -2.89. The third kappa shape index (κ3) is 7.06. The Balaban J connectivity index is 0.00000342. The van der Waals surface area contributed by atoms with Crippen LogP contribution >= 0.6 is 12.4 Å². The second-order valence-corrected chi connectivity index (χ2v) is 9.13. The topological polar surface area (TPSA) is 65.5 Å². The number of carbonyl (C=O) groups excluding carboxylic acids is 1. The van der Waals surface area contributed by atoms with Gasteiger partial charge in [-0.1, -0.05) is 37.3 Å². The number of aromatic nitrogens is 1. The minimum atomic E-state index is -0.0214. The molecule has 4 rings (SSSR count). The molecule has 0 radical (unpaired) electrons. The van der Waals surface area contributed by atoms with E-state index in [-0.39, 0.29) is 18.3 Å². The second kappa shape index (κ2) is 13.3. The average molecular weight is 494 g/mol. The Morgan fingerprint density at radius 1 is 1.06 bits per heavy atom. The van der Waals surface area contributed by atoms with Crippen LogP contribution in [-0.2, 0) is 12.8 Å². The molecule has 1 unspecified atom stereocenters. The van der Waals surface area contributed by atoms with E-state index >= 15 is 0 Å². The molecule has 1 aliphatic rings. The van der Waals surface area contributed by atoms with Crippen LogP contribution in [0.4, 0.5) is 0 Å². The van der Waals surface area contributed by atoms with Crippen molar-refractivity contribution in [3.8, 4) is 16.9 Å². The number of benzene rings is 2. The number of hydrogen-bond acceptors (Lipinski definition) is 4. The largest absolute Gasteiger partial charge is 0.508 e. The summed E-state index contributed by atoms with van der Waals surface area (Å²) >= 11 is 0. The summed E-state index contributed by atoms with van der Waals surface area (Å²) in [4.78, 5) is 19.3. The number of rotatable bonds is 10. The Labute approximate surface area is 215 Å². The molecule has 6 heteroatoms. The monoisotopic (exact) mass is 493 g/mol. The normalized spacial score (nSPS) is 14.7. The first-order valence-electron chi connectivity index (χ1n) is 12.5. The number of hydrogen-bond donors (Lipinski definition) is 2. The van der Waals surface area contributed by atoms with Gasteiger partial charge in [0.25, 0.3) is 5.91 Å². The predicted octanol–water partition coefficient (Wildman–Crippen LogP) is 5.66. The molecule has 1 aliphatic carbocycles. The van der Waals surface area contributed by atoms with Crippen molar-refractivity contribution in [1.82, 2.24) is 15.2 Å². The van der Waals surface area contributed by atoms with Crippen LogP contribution in [0.5, 0.6) is 5.75 Å². The second-order valence-electron chi connectivity index (χ2n) is 9.13. The molecule has 0 spiro atoms. The smallest absolute Gasteiger partial charge is 0.251 e. The van der Waals surface area contributed by atoms with Crippen LogP contribution in [0.15, 0.2) is 67.0 Å². The molecule has 2 aromatic carbocycles. The Bertz CT molecular complexity index is 1070. The number of carbonyl (C=O) groups is 1. The summed E-state index contributed by atoms with van der Waals surface area (Å²) in [5.41, 5.74) is 5.21. The number of nitrogens with one attached hydrogen (secondary N) is 1. The van der Waals surface area contributed by atoms with Gasteiger partial charge in [0.15, 0.2) is 0 Å². The molecule has 0 saturated heterocycles. The van der Waals surface area contributed by atoms with E-state index in [1.54, 1.807) is 12.3 Å².